The Bertz CT molecular complexity index is 676. The van der Waals surface area contributed by atoms with Crippen LogP contribution in [0.1, 0.15) is 59.5 Å². The zero-order valence-corrected chi connectivity index (χ0v) is 13.1. The number of carbonyl (C=O) groups is 1. The normalized spacial score (nSPS) is 18.7. The van der Waals surface area contributed by atoms with Gasteiger partial charge in [-0.1, -0.05) is 12.1 Å². The predicted octanol–water partition coefficient (Wildman–Crippen LogP) is 2.26. The van der Waals surface area contributed by atoms with Crippen molar-refractivity contribution >= 4 is 5.91 Å². The molecule has 22 heavy (non-hydrogen) atoms. The summed E-state index contributed by atoms with van der Waals surface area (Å²) in [7, 11) is 0. The minimum atomic E-state index is -0.109. The quantitative estimate of drug-likeness (QED) is 0.864. The van der Waals surface area contributed by atoms with Crippen LogP contribution in [0.5, 0.6) is 0 Å². The molecule has 0 saturated carbocycles. The molecule has 0 radical (unpaired) electrons. The second-order valence-electron chi connectivity index (χ2n) is 5.64. The second kappa shape index (κ2) is 5.90. The average Bonchev–Trinajstić information content (AvgIpc) is 3.13. The number of hydrogen-bond donors (Lipinski definition) is 0. The zero-order valence-electron chi connectivity index (χ0n) is 13.1. The molecule has 0 N–H and O–H groups in total. The van der Waals surface area contributed by atoms with Gasteiger partial charge in [0.05, 0.1) is 5.69 Å². The van der Waals surface area contributed by atoms with Crippen molar-refractivity contribution in [2.75, 3.05) is 13.1 Å². The minimum Gasteiger partial charge on any atom is -0.436 e. The van der Waals surface area contributed by atoms with Gasteiger partial charge < -0.3 is 13.8 Å². The summed E-state index contributed by atoms with van der Waals surface area (Å²) < 4.78 is 10.6. The summed E-state index contributed by atoms with van der Waals surface area (Å²) in [6.07, 6.45) is 2.60. The van der Waals surface area contributed by atoms with E-state index in [0.29, 0.717) is 42.1 Å². The van der Waals surface area contributed by atoms with E-state index in [0.717, 1.165) is 19.3 Å². The second-order valence-corrected chi connectivity index (χ2v) is 5.64. The van der Waals surface area contributed by atoms with E-state index in [1.165, 1.54) is 0 Å². The van der Waals surface area contributed by atoms with E-state index >= 15 is 0 Å². The summed E-state index contributed by atoms with van der Waals surface area (Å²) in [5.41, 5.74) is 0.637. The van der Waals surface area contributed by atoms with Crippen molar-refractivity contribution < 1.29 is 13.7 Å². The van der Waals surface area contributed by atoms with Gasteiger partial charge in [-0.2, -0.15) is 4.98 Å². The molecule has 7 nitrogen and oxygen atoms in total. The Morgan fingerprint density at radius 1 is 1.36 bits per heavy atom. The van der Waals surface area contributed by atoms with E-state index in [1.54, 1.807) is 18.7 Å². The van der Waals surface area contributed by atoms with E-state index in [4.69, 9.17) is 8.94 Å². The highest BCUT2D eigenvalue weighted by molar-refractivity contribution is 5.92. The van der Waals surface area contributed by atoms with Crippen LogP contribution in [0.15, 0.2) is 8.94 Å². The largest absolute Gasteiger partial charge is 0.436 e. The monoisotopic (exact) mass is 304 g/mol. The summed E-state index contributed by atoms with van der Waals surface area (Å²) in [6.45, 7) is 6.81. The number of likely N-dealkylation sites (tertiary alicyclic amines) is 1. The molecular weight excluding hydrogens is 284 g/mol. The van der Waals surface area contributed by atoms with Crippen LogP contribution in [-0.4, -0.2) is 39.0 Å². The maximum absolute atomic E-state index is 12.6. The van der Waals surface area contributed by atoms with Gasteiger partial charge in [-0.15, -0.1) is 0 Å². The van der Waals surface area contributed by atoms with Crippen LogP contribution in [0, 0.1) is 13.8 Å². The smallest absolute Gasteiger partial charge is 0.291 e. The lowest BCUT2D eigenvalue weighted by Crippen LogP contribution is -2.39. The van der Waals surface area contributed by atoms with Crippen LogP contribution in [0.2, 0.25) is 0 Å². The van der Waals surface area contributed by atoms with E-state index < -0.39 is 0 Å². The highest BCUT2D eigenvalue weighted by Crippen LogP contribution is 2.26. The van der Waals surface area contributed by atoms with Crippen LogP contribution in [-0.2, 0) is 6.42 Å². The van der Waals surface area contributed by atoms with Crippen molar-refractivity contribution in [1.29, 1.82) is 0 Å². The first-order valence-electron chi connectivity index (χ1n) is 7.64. The first-order chi connectivity index (χ1) is 10.6. The minimum absolute atomic E-state index is 0.109. The van der Waals surface area contributed by atoms with Gasteiger partial charge in [0.1, 0.15) is 0 Å². The molecule has 0 aliphatic carbocycles. The van der Waals surface area contributed by atoms with Crippen LogP contribution < -0.4 is 0 Å². The molecule has 0 spiro atoms. The molecule has 118 valence electrons. The maximum atomic E-state index is 12.6. The number of aryl methyl sites for hydroxylation is 3. The van der Waals surface area contributed by atoms with E-state index in [2.05, 4.69) is 15.1 Å². The number of hydrogen-bond acceptors (Lipinski definition) is 6. The van der Waals surface area contributed by atoms with Gasteiger partial charge in [0.2, 0.25) is 11.7 Å². The lowest BCUT2D eigenvalue weighted by Gasteiger charge is -2.30. The lowest BCUT2D eigenvalue weighted by atomic mass is 9.97. The summed E-state index contributed by atoms with van der Waals surface area (Å²) >= 11 is 0. The average molecular weight is 304 g/mol. The standard InChI is InChI=1S/C15H20N4O3/c1-4-12-17-14(18-22-12)11-6-5-7-19(8-11)15(20)13-9(2)16-10(3)21-13/h11H,4-8H2,1-3H3. The molecule has 1 atom stereocenters. The van der Waals surface area contributed by atoms with Crippen LogP contribution in [0.3, 0.4) is 0 Å². The molecule has 0 bridgehead atoms. The molecule has 1 aliphatic heterocycles. The van der Waals surface area contributed by atoms with Gasteiger partial charge in [0.15, 0.2) is 11.7 Å². The number of aromatic nitrogens is 3. The number of piperidine rings is 1. The number of carbonyl (C=O) groups excluding carboxylic acids is 1. The molecule has 2 aromatic heterocycles. The molecule has 2 aromatic rings. The zero-order chi connectivity index (χ0) is 15.7. The Hall–Kier alpha value is -2.18. The summed E-state index contributed by atoms with van der Waals surface area (Å²) in [5.74, 6) is 2.19. The first kappa shape index (κ1) is 14.7. The summed E-state index contributed by atoms with van der Waals surface area (Å²) in [5, 5.41) is 4.04. The van der Waals surface area contributed by atoms with Gasteiger partial charge in [-0.05, 0) is 19.8 Å². The molecule has 0 aromatic carbocycles. The van der Waals surface area contributed by atoms with Crippen LogP contribution in [0.25, 0.3) is 0 Å². The molecule has 1 saturated heterocycles. The van der Waals surface area contributed by atoms with Crippen LogP contribution >= 0.6 is 0 Å². The fourth-order valence-electron chi connectivity index (χ4n) is 2.82. The van der Waals surface area contributed by atoms with Crippen molar-refractivity contribution in [3.8, 4) is 0 Å². The Labute approximate surface area is 128 Å². The van der Waals surface area contributed by atoms with E-state index in [1.807, 2.05) is 6.92 Å². The SMILES string of the molecule is CCc1nc(C2CCCN(C(=O)c3oc(C)nc3C)C2)no1. The third-order valence-electron chi connectivity index (χ3n) is 3.96. The van der Waals surface area contributed by atoms with Gasteiger partial charge in [0.25, 0.3) is 5.91 Å². The molecular formula is C15H20N4O3. The van der Waals surface area contributed by atoms with Crippen molar-refractivity contribution in [3.63, 3.8) is 0 Å². The Morgan fingerprint density at radius 3 is 2.82 bits per heavy atom. The molecule has 3 heterocycles. The topological polar surface area (TPSA) is 85.3 Å². The van der Waals surface area contributed by atoms with Crippen molar-refractivity contribution in [2.24, 2.45) is 0 Å². The fraction of sp³-hybridized carbons (Fsp3) is 0.600. The van der Waals surface area contributed by atoms with Gasteiger partial charge in [0, 0.05) is 32.4 Å². The highest BCUT2D eigenvalue weighted by atomic mass is 16.5. The molecule has 7 heteroatoms. The molecule has 1 fully saturated rings. The number of amides is 1. The van der Waals surface area contributed by atoms with Crippen molar-refractivity contribution in [2.45, 2.75) is 46.0 Å². The fourth-order valence-corrected chi connectivity index (χ4v) is 2.82. The van der Waals surface area contributed by atoms with Gasteiger partial charge in [-0.3, -0.25) is 4.79 Å². The molecule has 1 amide bonds. The Morgan fingerprint density at radius 2 is 2.18 bits per heavy atom. The van der Waals surface area contributed by atoms with Crippen molar-refractivity contribution in [3.05, 3.63) is 29.1 Å². The van der Waals surface area contributed by atoms with Gasteiger partial charge in [-0.25, -0.2) is 4.98 Å². The van der Waals surface area contributed by atoms with E-state index in [9.17, 15) is 4.79 Å². The third kappa shape index (κ3) is 2.75. The van der Waals surface area contributed by atoms with Gasteiger partial charge >= 0.3 is 0 Å². The summed E-state index contributed by atoms with van der Waals surface area (Å²) in [4.78, 5) is 22.9. The Balaban J connectivity index is 1.75. The third-order valence-corrected chi connectivity index (χ3v) is 3.96. The number of oxazole rings is 1. The van der Waals surface area contributed by atoms with Crippen molar-refractivity contribution in [1.82, 2.24) is 20.0 Å². The maximum Gasteiger partial charge on any atom is 0.291 e. The lowest BCUT2D eigenvalue weighted by molar-refractivity contribution is 0.0669. The number of nitrogens with zero attached hydrogens (tertiary/aromatic N) is 4. The number of rotatable bonds is 3. The highest BCUT2D eigenvalue weighted by Gasteiger charge is 2.30. The predicted molar refractivity (Wildman–Crippen MR) is 77.5 cm³/mol. The van der Waals surface area contributed by atoms with Crippen LogP contribution in [0.4, 0.5) is 0 Å². The molecule has 3 rings (SSSR count). The molecule has 1 aliphatic rings. The Kier molecular flexibility index (Phi) is 3.96. The van der Waals surface area contributed by atoms with E-state index in [-0.39, 0.29) is 11.8 Å². The summed E-state index contributed by atoms with van der Waals surface area (Å²) in [6, 6.07) is 0. The molecule has 1 unspecified atom stereocenters. The first-order valence-corrected chi connectivity index (χ1v) is 7.64.